The highest BCUT2D eigenvalue weighted by atomic mass is 32.2. The van der Waals surface area contributed by atoms with E-state index in [4.69, 9.17) is 5.11 Å². The molecule has 1 N–H and O–H groups in total. The van der Waals surface area contributed by atoms with E-state index in [1.165, 1.54) is 21.8 Å². The molecule has 0 atom stereocenters. The first-order chi connectivity index (χ1) is 8.63. The first kappa shape index (κ1) is 13.1. The topological polar surface area (TPSA) is 50.2 Å². The van der Waals surface area contributed by atoms with Crippen molar-refractivity contribution in [2.45, 2.75) is 24.0 Å². The molecule has 0 fully saturated rings. The van der Waals surface area contributed by atoms with E-state index in [2.05, 4.69) is 36.2 Å². The maximum atomic E-state index is 10.6. The summed E-state index contributed by atoms with van der Waals surface area (Å²) in [7, 11) is 0. The number of thiazole rings is 1. The third-order valence-corrected chi connectivity index (χ3v) is 4.51. The zero-order valence-electron chi connectivity index (χ0n) is 9.92. The molecule has 2 rings (SSSR count). The summed E-state index contributed by atoms with van der Waals surface area (Å²) in [5.41, 5.74) is 1.25. The molecule has 0 unspecified atom stereocenters. The van der Waals surface area contributed by atoms with Crippen LogP contribution in [0.2, 0.25) is 0 Å². The van der Waals surface area contributed by atoms with Gasteiger partial charge in [-0.15, -0.1) is 23.1 Å². The van der Waals surface area contributed by atoms with Gasteiger partial charge in [0, 0.05) is 16.0 Å². The molecule has 1 heterocycles. The van der Waals surface area contributed by atoms with Crippen LogP contribution in [0.4, 0.5) is 0 Å². The van der Waals surface area contributed by atoms with Crippen LogP contribution >= 0.6 is 23.1 Å². The first-order valence-electron chi connectivity index (χ1n) is 5.48. The van der Waals surface area contributed by atoms with Gasteiger partial charge in [0.25, 0.3) is 0 Å². The summed E-state index contributed by atoms with van der Waals surface area (Å²) in [4.78, 5) is 16.8. The highest BCUT2D eigenvalue weighted by Gasteiger charge is 2.06. The number of aryl methyl sites for hydroxylation is 1. The lowest BCUT2D eigenvalue weighted by Crippen LogP contribution is -1.97. The fourth-order valence-corrected chi connectivity index (χ4v) is 3.24. The normalized spacial score (nSPS) is 10.5. The van der Waals surface area contributed by atoms with Crippen LogP contribution in [0.15, 0.2) is 35.4 Å². The van der Waals surface area contributed by atoms with Gasteiger partial charge >= 0.3 is 5.97 Å². The Morgan fingerprint density at radius 3 is 2.78 bits per heavy atom. The van der Waals surface area contributed by atoms with Gasteiger partial charge in [-0.1, -0.05) is 17.7 Å². The number of hydrogen-bond donors (Lipinski definition) is 1. The molecule has 0 spiro atoms. The second-order valence-corrected chi connectivity index (χ2v) is 6.14. The van der Waals surface area contributed by atoms with Crippen LogP contribution < -0.4 is 0 Å². The molecule has 2 aromatic rings. The van der Waals surface area contributed by atoms with Crippen LogP contribution in [0.5, 0.6) is 0 Å². The average Bonchev–Trinajstić information content (AvgIpc) is 2.75. The van der Waals surface area contributed by atoms with E-state index in [0.29, 0.717) is 0 Å². The molecule has 5 heteroatoms. The minimum absolute atomic E-state index is 0.0624. The van der Waals surface area contributed by atoms with Crippen molar-refractivity contribution in [3.05, 3.63) is 45.9 Å². The van der Waals surface area contributed by atoms with E-state index >= 15 is 0 Å². The number of carboxylic acids is 1. The Kier molecular flexibility index (Phi) is 4.38. The second-order valence-electron chi connectivity index (χ2n) is 3.89. The number of aromatic nitrogens is 1. The van der Waals surface area contributed by atoms with Gasteiger partial charge in [0.15, 0.2) is 0 Å². The van der Waals surface area contributed by atoms with Gasteiger partial charge in [0.05, 0.1) is 12.2 Å². The van der Waals surface area contributed by atoms with Crippen molar-refractivity contribution in [1.29, 1.82) is 0 Å². The number of hydrogen-bond acceptors (Lipinski definition) is 4. The number of thioether (sulfide) groups is 1. The number of benzene rings is 1. The van der Waals surface area contributed by atoms with Crippen LogP contribution in [0.1, 0.15) is 15.4 Å². The van der Waals surface area contributed by atoms with Gasteiger partial charge < -0.3 is 5.11 Å². The van der Waals surface area contributed by atoms with Gasteiger partial charge in [-0.2, -0.15) is 0 Å². The molecule has 0 aliphatic rings. The Morgan fingerprint density at radius 2 is 2.11 bits per heavy atom. The molecule has 0 amide bonds. The molecular weight excluding hydrogens is 266 g/mol. The molecule has 0 radical (unpaired) electrons. The van der Waals surface area contributed by atoms with Crippen molar-refractivity contribution in [1.82, 2.24) is 4.98 Å². The molecule has 0 saturated heterocycles. The molecule has 0 saturated carbocycles. The van der Waals surface area contributed by atoms with E-state index < -0.39 is 5.97 Å². The van der Waals surface area contributed by atoms with E-state index in [0.717, 1.165) is 15.6 Å². The van der Waals surface area contributed by atoms with Gasteiger partial charge in [-0.25, -0.2) is 4.98 Å². The highest BCUT2D eigenvalue weighted by Crippen LogP contribution is 2.25. The van der Waals surface area contributed by atoms with Crippen LogP contribution in [0.3, 0.4) is 0 Å². The molecule has 3 nitrogen and oxygen atoms in total. The monoisotopic (exact) mass is 279 g/mol. The molecule has 18 heavy (non-hydrogen) atoms. The van der Waals surface area contributed by atoms with E-state index in [1.54, 1.807) is 18.0 Å². The minimum atomic E-state index is -0.809. The summed E-state index contributed by atoms with van der Waals surface area (Å²) >= 11 is 3.19. The molecule has 0 bridgehead atoms. The Morgan fingerprint density at radius 1 is 1.39 bits per heavy atom. The first-order valence-corrected chi connectivity index (χ1v) is 7.28. The standard InChI is InChI=1S/C13H13NO2S2/c1-9-2-4-10(5-3-9)17-8-12-14-7-11(18-12)6-13(15)16/h2-5,7H,6,8H2,1H3,(H,15,16). The molecule has 0 aliphatic heterocycles. The fraction of sp³-hybridized carbons (Fsp3) is 0.231. The van der Waals surface area contributed by atoms with Gasteiger partial charge in [-0.3, -0.25) is 4.79 Å². The van der Waals surface area contributed by atoms with Gasteiger partial charge in [0.1, 0.15) is 5.01 Å². The Bertz CT molecular complexity index is 534. The van der Waals surface area contributed by atoms with Crippen molar-refractivity contribution >= 4 is 29.1 Å². The van der Waals surface area contributed by atoms with Crippen molar-refractivity contribution in [3.8, 4) is 0 Å². The van der Waals surface area contributed by atoms with Crippen LogP contribution in [-0.2, 0) is 17.0 Å². The number of aliphatic carboxylic acids is 1. The maximum absolute atomic E-state index is 10.6. The fourth-order valence-electron chi connectivity index (χ4n) is 1.43. The van der Waals surface area contributed by atoms with Gasteiger partial charge in [0.2, 0.25) is 0 Å². The lowest BCUT2D eigenvalue weighted by molar-refractivity contribution is -0.136. The zero-order chi connectivity index (χ0) is 13.0. The number of rotatable bonds is 5. The molecular formula is C13H13NO2S2. The second kappa shape index (κ2) is 6.02. The summed E-state index contributed by atoms with van der Waals surface area (Å²) in [5, 5.41) is 9.65. The smallest absolute Gasteiger partial charge is 0.308 e. The summed E-state index contributed by atoms with van der Waals surface area (Å²) in [5.74, 6) is -0.0238. The Balaban J connectivity index is 1.92. The molecule has 1 aromatic carbocycles. The predicted octanol–water partition coefficient (Wildman–Crippen LogP) is 3.37. The van der Waals surface area contributed by atoms with Crippen LogP contribution in [0.25, 0.3) is 0 Å². The Hall–Kier alpha value is -1.33. The zero-order valence-corrected chi connectivity index (χ0v) is 11.6. The molecule has 0 aliphatic carbocycles. The number of carbonyl (C=O) groups is 1. The van der Waals surface area contributed by atoms with E-state index in [9.17, 15) is 4.79 Å². The third-order valence-electron chi connectivity index (χ3n) is 2.31. The maximum Gasteiger partial charge on any atom is 0.308 e. The number of carboxylic acid groups (broad SMARTS) is 1. The molecule has 94 valence electrons. The molecule has 1 aromatic heterocycles. The predicted molar refractivity (Wildman–Crippen MR) is 74.2 cm³/mol. The summed E-state index contributed by atoms with van der Waals surface area (Å²) < 4.78 is 0. The highest BCUT2D eigenvalue weighted by molar-refractivity contribution is 7.98. The lowest BCUT2D eigenvalue weighted by Gasteiger charge is -1.99. The van der Waals surface area contributed by atoms with Crippen LogP contribution in [0, 0.1) is 6.92 Å². The quantitative estimate of drug-likeness (QED) is 0.853. The van der Waals surface area contributed by atoms with Crippen molar-refractivity contribution in [2.75, 3.05) is 0 Å². The van der Waals surface area contributed by atoms with E-state index in [1.807, 2.05) is 0 Å². The van der Waals surface area contributed by atoms with Crippen molar-refractivity contribution in [3.63, 3.8) is 0 Å². The minimum Gasteiger partial charge on any atom is -0.481 e. The van der Waals surface area contributed by atoms with Crippen LogP contribution in [-0.4, -0.2) is 16.1 Å². The lowest BCUT2D eigenvalue weighted by atomic mass is 10.2. The van der Waals surface area contributed by atoms with Crippen molar-refractivity contribution in [2.24, 2.45) is 0 Å². The average molecular weight is 279 g/mol. The SMILES string of the molecule is Cc1ccc(SCc2ncc(CC(=O)O)s2)cc1. The Labute approximate surface area is 114 Å². The number of nitrogens with zero attached hydrogens (tertiary/aromatic N) is 1. The van der Waals surface area contributed by atoms with Crippen molar-refractivity contribution < 1.29 is 9.90 Å². The summed E-state index contributed by atoms with van der Waals surface area (Å²) in [6.07, 6.45) is 1.72. The van der Waals surface area contributed by atoms with E-state index in [-0.39, 0.29) is 6.42 Å². The third kappa shape index (κ3) is 3.85. The summed E-state index contributed by atoms with van der Waals surface area (Å²) in [6, 6.07) is 8.34. The summed E-state index contributed by atoms with van der Waals surface area (Å²) in [6.45, 7) is 2.06. The largest absolute Gasteiger partial charge is 0.481 e. The van der Waals surface area contributed by atoms with Gasteiger partial charge in [-0.05, 0) is 19.1 Å².